The Balaban J connectivity index is 1.64. The molecule has 1 aliphatic rings. The van der Waals surface area contributed by atoms with Crippen LogP contribution < -0.4 is 15.1 Å². The number of halogens is 1. The number of nitrogens with zero attached hydrogens (tertiary/aromatic N) is 3. The molecule has 1 aromatic heterocycles. The van der Waals surface area contributed by atoms with Crippen molar-refractivity contribution in [2.75, 3.05) is 29.2 Å². The number of benzene rings is 1. The fourth-order valence-corrected chi connectivity index (χ4v) is 4.10. The number of aryl methyl sites for hydroxylation is 1. The van der Waals surface area contributed by atoms with Crippen molar-refractivity contribution in [2.24, 2.45) is 0 Å². The highest BCUT2D eigenvalue weighted by molar-refractivity contribution is 9.10. The predicted octanol–water partition coefficient (Wildman–Crippen LogP) is 5.13. The average Bonchev–Trinajstić information content (AvgIpc) is 2.66. The summed E-state index contributed by atoms with van der Waals surface area (Å²) in [6.07, 6.45) is 4.48. The lowest BCUT2D eigenvalue weighted by molar-refractivity contribution is 0.196. The number of hydrogen-bond donors (Lipinski definition) is 2. The van der Waals surface area contributed by atoms with E-state index in [2.05, 4.69) is 44.1 Å². The van der Waals surface area contributed by atoms with Gasteiger partial charge in [0.05, 0.1) is 0 Å². The molecule has 0 radical (unpaired) electrons. The fourth-order valence-electron chi connectivity index (χ4n) is 3.84. The average molecular weight is 447 g/mol. The molecular weight excluding hydrogens is 420 g/mol. The summed E-state index contributed by atoms with van der Waals surface area (Å²) in [6, 6.07) is 9.84. The van der Waals surface area contributed by atoms with Crippen LogP contribution in [-0.2, 0) is 0 Å². The van der Waals surface area contributed by atoms with Gasteiger partial charge in [0.2, 0.25) is 0 Å². The molecule has 0 atom stereocenters. The summed E-state index contributed by atoms with van der Waals surface area (Å²) in [5, 5.41) is 13.3. The van der Waals surface area contributed by atoms with Gasteiger partial charge in [0.1, 0.15) is 5.82 Å². The quantitative estimate of drug-likeness (QED) is 0.666. The van der Waals surface area contributed by atoms with E-state index in [4.69, 9.17) is 0 Å². The number of carboxylic acid groups (broad SMARTS) is 1. The zero-order valence-electron chi connectivity index (χ0n) is 16.5. The summed E-state index contributed by atoms with van der Waals surface area (Å²) in [6.45, 7) is 2.06. The Labute approximate surface area is 174 Å². The van der Waals surface area contributed by atoms with E-state index in [9.17, 15) is 9.90 Å². The number of hydrogen-bond acceptors (Lipinski definition) is 4. The monoisotopic (exact) mass is 446 g/mol. The normalized spacial score (nSPS) is 19.1. The minimum absolute atomic E-state index is 0.0000357. The van der Waals surface area contributed by atoms with Crippen LogP contribution in [0, 0.1) is 6.92 Å². The first kappa shape index (κ1) is 20.5. The maximum Gasteiger partial charge on any atom is 0.412 e. The molecule has 150 valence electrons. The Morgan fingerprint density at radius 1 is 1.18 bits per heavy atom. The standard InChI is InChI=1S/C21H27BrN4O2/c1-14-13-23-20(12-19(14)25(2)3)24-16-6-10-18(11-7-16)26(21(27)28)17-8-4-15(22)5-9-17/h4-5,8-9,12-13,16,18H,6-7,10-11H2,1-3H3,(H,23,24)(H,27,28). The zero-order valence-corrected chi connectivity index (χ0v) is 18.1. The second kappa shape index (κ2) is 8.82. The van der Waals surface area contributed by atoms with E-state index in [0.29, 0.717) is 6.04 Å². The maximum absolute atomic E-state index is 11.9. The summed E-state index contributed by atoms with van der Waals surface area (Å²) < 4.78 is 0.942. The van der Waals surface area contributed by atoms with Crippen molar-refractivity contribution in [1.82, 2.24) is 4.98 Å². The number of amides is 1. The molecule has 1 saturated carbocycles. The Morgan fingerprint density at radius 2 is 1.82 bits per heavy atom. The largest absolute Gasteiger partial charge is 0.465 e. The molecule has 0 aliphatic heterocycles. The number of aromatic nitrogens is 1. The van der Waals surface area contributed by atoms with Crippen molar-refractivity contribution in [2.45, 2.75) is 44.7 Å². The molecule has 28 heavy (non-hydrogen) atoms. The van der Waals surface area contributed by atoms with Gasteiger partial charge in [-0.15, -0.1) is 0 Å². The number of nitrogens with one attached hydrogen (secondary N) is 1. The molecule has 2 N–H and O–H groups in total. The second-order valence-electron chi connectivity index (χ2n) is 7.53. The van der Waals surface area contributed by atoms with E-state index in [0.717, 1.165) is 52.9 Å². The van der Waals surface area contributed by atoms with Gasteiger partial charge in [-0.25, -0.2) is 9.78 Å². The number of carbonyl (C=O) groups is 1. The lowest BCUT2D eigenvalue weighted by Crippen LogP contribution is -2.43. The number of pyridine rings is 1. The van der Waals surface area contributed by atoms with Crippen LogP contribution in [0.4, 0.5) is 22.0 Å². The molecule has 2 aromatic rings. The molecule has 3 rings (SSSR count). The van der Waals surface area contributed by atoms with Gasteiger partial charge in [-0.3, -0.25) is 4.90 Å². The predicted molar refractivity (Wildman–Crippen MR) is 118 cm³/mol. The van der Waals surface area contributed by atoms with Crippen molar-refractivity contribution in [3.05, 3.63) is 46.6 Å². The summed E-state index contributed by atoms with van der Waals surface area (Å²) in [5.41, 5.74) is 3.02. The van der Waals surface area contributed by atoms with Gasteiger partial charge in [0.25, 0.3) is 0 Å². The first-order valence-corrected chi connectivity index (χ1v) is 10.3. The molecule has 1 aliphatic carbocycles. The smallest absolute Gasteiger partial charge is 0.412 e. The Morgan fingerprint density at radius 3 is 2.39 bits per heavy atom. The third-order valence-electron chi connectivity index (χ3n) is 5.28. The van der Waals surface area contributed by atoms with Gasteiger partial charge in [-0.2, -0.15) is 0 Å². The molecule has 7 heteroatoms. The van der Waals surface area contributed by atoms with Crippen LogP contribution in [0.25, 0.3) is 0 Å². The summed E-state index contributed by atoms with van der Waals surface area (Å²) in [4.78, 5) is 20.0. The topological polar surface area (TPSA) is 68.7 Å². The van der Waals surface area contributed by atoms with Gasteiger partial charge in [-0.05, 0) is 62.4 Å². The van der Waals surface area contributed by atoms with E-state index in [1.165, 1.54) is 4.90 Å². The van der Waals surface area contributed by atoms with Crippen LogP contribution in [0.5, 0.6) is 0 Å². The van der Waals surface area contributed by atoms with Gasteiger partial charge in [0.15, 0.2) is 0 Å². The third kappa shape index (κ3) is 4.76. The molecule has 1 heterocycles. The van der Waals surface area contributed by atoms with Crippen LogP contribution in [0.1, 0.15) is 31.2 Å². The molecular formula is C21H27BrN4O2. The van der Waals surface area contributed by atoms with E-state index in [-0.39, 0.29) is 6.04 Å². The minimum atomic E-state index is -0.894. The lowest BCUT2D eigenvalue weighted by atomic mass is 9.90. The Hall–Kier alpha value is -2.28. The van der Waals surface area contributed by atoms with Gasteiger partial charge < -0.3 is 15.3 Å². The summed E-state index contributed by atoms with van der Waals surface area (Å²) in [5.74, 6) is 0.876. The Kier molecular flexibility index (Phi) is 6.44. The highest BCUT2D eigenvalue weighted by atomic mass is 79.9. The molecule has 1 aromatic carbocycles. The van der Waals surface area contributed by atoms with E-state index >= 15 is 0 Å². The van der Waals surface area contributed by atoms with Gasteiger partial charge in [-0.1, -0.05) is 15.9 Å². The lowest BCUT2D eigenvalue weighted by Gasteiger charge is -2.35. The van der Waals surface area contributed by atoms with Crippen LogP contribution in [0.2, 0.25) is 0 Å². The number of anilines is 3. The highest BCUT2D eigenvalue weighted by Crippen LogP contribution is 2.30. The van der Waals surface area contributed by atoms with Crippen LogP contribution in [0.3, 0.4) is 0 Å². The van der Waals surface area contributed by atoms with E-state index in [1.54, 1.807) is 0 Å². The molecule has 1 fully saturated rings. The molecule has 0 bridgehead atoms. The van der Waals surface area contributed by atoms with E-state index in [1.807, 2.05) is 44.6 Å². The van der Waals surface area contributed by atoms with Crippen LogP contribution >= 0.6 is 15.9 Å². The second-order valence-corrected chi connectivity index (χ2v) is 8.44. The Bertz CT molecular complexity index is 818. The zero-order chi connectivity index (χ0) is 20.3. The van der Waals surface area contributed by atoms with Crippen LogP contribution in [0.15, 0.2) is 41.0 Å². The summed E-state index contributed by atoms with van der Waals surface area (Å²) >= 11 is 3.40. The van der Waals surface area contributed by atoms with Crippen molar-refractivity contribution in [1.29, 1.82) is 0 Å². The first-order chi connectivity index (χ1) is 13.3. The van der Waals surface area contributed by atoms with Crippen molar-refractivity contribution in [3.63, 3.8) is 0 Å². The molecule has 0 unspecified atom stereocenters. The fraction of sp³-hybridized carbons (Fsp3) is 0.429. The van der Waals surface area contributed by atoms with Gasteiger partial charge >= 0.3 is 6.09 Å². The molecule has 6 nitrogen and oxygen atoms in total. The third-order valence-corrected chi connectivity index (χ3v) is 5.81. The minimum Gasteiger partial charge on any atom is -0.465 e. The van der Waals surface area contributed by atoms with Crippen LogP contribution in [-0.4, -0.2) is 42.4 Å². The van der Waals surface area contributed by atoms with Gasteiger partial charge in [0, 0.05) is 54.3 Å². The maximum atomic E-state index is 11.9. The van der Waals surface area contributed by atoms with Crippen molar-refractivity contribution >= 4 is 39.2 Å². The summed E-state index contributed by atoms with van der Waals surface area (Å²) in [7, 11) is 4.06. The molecule has 0 saturated heterocycles. The first-order valence-electron chi connectivity index (χ1n) is 9.53. The molecule has 0 spiro atoms. The number of rotatable bonds is 5. The van der Waals surface area contributed by atoms with E-state index < -0.39 is 6.09 Å². The SMILES string of the molecule is Cc1cnc(NC2CCC(N(C(=O)O)c3ccc(Br)cc3)CC2)cc1N(C)C. The highest BCUT2D eigenvalue weighted by Gasteiger charge is 2.30. The molecule has 1 amide bonds. The van der Waals surface area contributed by atoms with Crippen molar-refractivity contribution in [3.8, 4) is 0 Å². The van der Waals surface area contributed by atoms with Crippen molar-refractivity contribution < 1.29 is 9.90 Å².